The summed E-state index contributed by atoms with van der Waals surface area (Å²) in [6.07, 6.45) is 6.51. The normalized spacial score (nSPS) is 16.1. The molecule has 1 aromatic rings. The van der Waals surface area contributed by atoms with E-state index in [-0.39, 0.29) is 5.91 Å². The van der Waals surface area contributed by atoms with Gasteiger partial charge in [-0.3, -0.25) is 4.79 Å². The first-order valence-electron chi connectivity index (χ1n) is 6.93. The molecule has 1 saturated carbocycles. The molecular formula is C14H22N4O. The van der Waals surface area contributed by atoms with Gasteiger partial charge in [0.25, 0.3) is 5.91 Å². The minimum absolute atomic E-state index is 0.194. The van der Waals surface area contributed by atoms with Gasteiger partial charge in [0.15, 0.2) is 0 Å². The molecule has 0 unspecified atom stereocenters. The maximum atomic E-state index is 11.5. The monoisotopic (exact) mass is 262 g/mol. The second kappa shape index (κ2) is 6.41. The highest BCUT2D eigenvalue weighted by Crippen LogP contribution is 2.24. The number of pyridine rings is 1. The van der Waals surface area contributed by atoms with E-state index in [9.17, 15) is 4.79 Å². The molecule has 2 rings (SSSR count). The molecule has 1 aliphatic rings. The number of nitrogen functional groups attached to an aromatic ring is 1. The van der Waals surface area contributed by atoms with Crippen LogP contribution in [0.15, 0.2) is 12.1 Å². The lowest BCUT2D eigenvalue weighted by Crippen LogP contribution is -2.22. The smallest absolute Gasteiger partial charge is 0.269 e. The van der Waals surface area contributed by atoms with Crippen LogP contribution in [0.2, 0.25) is 0 Å². The van der Waals surface area contributed by atoms with Gasteiger partial charge in [-0.25, -0.2) is 4.98 Å². The van der Waals surface area contributed by atoms with Crippen LogP contribution in [-0.2, 0) is 0 Å². The molecule has 0 aromatic carbocycles. The third-order valence-corrected chi connectivity index (χ3v) is 3.67. The summed E-state index contributed by atoms with van der Waals surface area (Å²) in [5, 5.41) is 5.85. The van der Waals surface area contributed by atoms with E-state index in [1.54, 1.807) is 19.2 Å². The lowest BCUT2D eigenvalue weighted by Gasteiger charge is -2.22. The molecule has 19 heavy (non-hydrogen) atoms. The fraction of sp³-hybridized carbons (Fsp3) is 0.571. The summed E-state index contributed by atoms with van der Waals surface area (Å²) in [4.78, 5) is 15.8. The Morgan fingerprint density at radius 3 is 2.79 bits per heavy atom. The van der Waals surface area contributed by atoms with Crippen LogP contribution in [0.25, 0.3) is 0 Å². The zero-order chi connectivity index (χ0) is 13.7. The molecule has 1 aromatic heterocycles. The molecule has 1 heterocycles. The van der Waals surface area contributed by atoms with Gasteiger partial charge >= 0.3 is 0 Å². The van der Waals surface area contributed by atoms with Crippen LogP contribution in [0.1, 0.15) is 42.6 Å². The first-order valence-corrected chi connectivity index (χ1v) is 6.93. The van der Waals surface area contributed by atoms with E-state index in [0.29, 0.717) is 23.1 Å². The minimum Gasteiger partial charge on any atom is -0.396 e. The zero-order valence-corrected chi connectivity index (χ0v) is 11.4. The summed E-state index contributed by atoms with van der Waals surface area (Å²) in [5.41, 5.74) is 6.87. The predicted molar refractivity (Wildman–Crippen MR) is 77.1 cm³/mol. The Kier molecular flexibility index (Phi) is 4.60. The van der Waals surface area contributed by atoms with Crippen molar-refractivity contribution in [3.8, 4) is 0 Å². The van der Waals surface area contributed by atoms with Gasteiger partial charge in [-0.15, -0.1) is 0 Å². The fourth-order valence-electron chi connectivity index (χ4n) is 2.50. The molecule has 5 heteroatoms. The van der Waals surface area contributed by atoms with Gasteiger partial charge in [-0.2, -0.15) is 0 Å². The quantitative estimate of drug-likeness (QED) is 0.775. The lowest BCUT2D eigenvalue weighted by molar-refractivity contribution is 0.0958. The molecule has 0 bridgehead atoms. The number of amides is 1. The Hall–Kier alpha value is -1.78. The van der Waals surface area contributed by atoms with Crippen LogP contribution in [0, 0.1) is 5.92 Å². The number of anilines is 2. The molecule has 0 saturated heterocycles. The second-order valence-corrected chi connectivity index (χ2v) is 5.10. The number of hydrogen-bond acceptors (Lipinski definition) is 4. The van der Waals surface area contributed by atoms with Crippen molar-refractivity contribution in [2.24, 2.45) is 5.92 Å². The van der Waals surface area contributed by atoms with Crippen LogP contribution in [0.3, 0.4) is 0 Å². The van der Waals surface area contributed by atoms with Gasteiger partial charge in [0.2, 0.25) is 0 Å². The van der Waals surface area contributed by atoms with E-state index in [4.69, 9.17) is 5.73 Å². The molecular weight excluding hydrogens is 240 g/mol. The molecule has 0 aliphatic heterocycles. The molecule has 1 aliphatic carbocycles. The maximum absolute atomic E-state index is 11.5. The predicted octanol–water partition coefficient (Wildman–Crippen LogP) is 2.02. The summed E-state index contributed by atoms with van der Waals surface area (Å²) < 4.78 is 0. The number of rotatable bonds is 4. The maximum Gasteiger partial charge on any atom is 0.269 e. The van der Waals surface area contributed by atoms with E-state index in [0.717, 1.165) is 6.54 Å². The SMILES string of the molecule is CNC(=O)c1ccc(N)c(NCC2CCCCC2)n1. The Morgan fingerprint density at radius 2 is 2.11 bits per heavy atom. The number of nitrogens with zero attached hydrogens (tertiary/aromatic N) is 1. The Balaban J connectivity index is 2.00. The summed E-state index contributed by atoms with van der Waals surface area (Å²) in [6.45, 7) is 0.883. The highest BCUT2D eigenvalue weighted by atomic mass is 16.1. The number of hydrogen-bond donors (Lipinski definition) is 3. The van der Waals surface area contributed by atoms with Crippen LogP contribution in [-0.4, -0.2) is 24.5 Å². The van der Waals surface area contributed by atoms with E-state index in [1.165, 1.54) is 32.1 Å². The first-order chi connectivity index (χ1) is 9.20. The van der Waals surface area contributed by atoms with Crippen molar-refractivity contribution < 1.29 is 4.79 Å². The average molecular weight is 262 g/mol. The Morgan fingerprint density at radius 1 is 1.37 bits per heavy atom. The van der Waals surface area contributed by atoms with Crippen LogP contribution < -0.4 is 16.4 Å². The summed E-state index contributed by atoms with van der Waals surface area (Å²) in [5.74, 6) is 1.12. The molecule has 4 N–H and O–H groups in total. The average Bonchev–Trinajstić information content (AvgIpc) is 2.46. The number of nitrogens with two attached hydrogens (primary N) is 1. The van der Waals surface area contributed by atoms with Crippen molar-refractivity contribution in [2.45, 2.75) is 32.1 Å². The Labute approximate surface area is 114 Å². The van der Waals surface area contributed by atoms with Gasteiger partial charge in [0.05, 0.1) is 5.69 Å². The topological polar surface area (TPSA) is 80.0 Å². The summed E-state index contributed by atoms with van der Waals surface area (Å²) >= 11 is 0. The number of aromatic nitrogens is 1. The van der Waals surface area contributed by atoms with Gasteiger partial charge in [-0.1, -0.05) is 19.3 Å². The molecule has 104 valence electrons. The minimum atomic E-state index is -0.194. The largest absolute Gasteiger partial charge is 0.396 e. The molecule has 0 spiro atoms. The second-order valence-electron chi connectivity index (χ2n) is 5.10. The van der Waals surface area contributed by atoms with Crippen molar-refractivity contribution in [2.75, 3.05) is 24.6 Å². The van der Waals surface area contributed by atoms with Gasteiger partial charge in [-0.05, 0) is 30.9 Å². The van der Waals surface area contributed by atoms with Crippen molar-refractivity contribution in [1.29, 1.82) is 0 Å². The standard InChI is InChI=1S/C14H22N4O/c1-16-14(19)12-8-7-11(15)13(18-12)17-9-10-5-3-2-4-6-10/h7-8,10H,2-6,9,15H2,1H3,(H,16,19)(H,17,18). The fourth-order valence-corrected chi connectivity index (χ4v) is 2.50. The third kappa shape index (κ3) is 3.59. The highest BCUT2D eigenvalue weighted by Gasteiger charge is 2.14. The van der Waals surface area contributed by atoms with E-state index >= 15 is 0 Å². The molecule has 1 fully saturated rings. The zero-order valence-electron chi connectivity index (χ0n) is 11.4. The number of carbonyl (C=O) groups excluding carboxylic acids is 1. The van der Waals surface area contributed by atoms with Gasteiger partial charge in [0, 0.05) is 13.6 Å². The van der Waals surface area contributed by atoms with Crippen molar-refractivity contribution >= 4 is 17.4 Å². The number of carbonyl (C=O) groups is 1. The van der Waals surface area contributed by atoms with Gasteiger partial charge in [0.1, 0.15) is 11.5 Å². The first kappa shape index (κ1) is 13.6. The van der Waals surface area contributed by atoms with Gasteiger partial charge < -0.3 is 16.4 Å². The van der Waals surface area contributed by atoms with Crippen molar-refractivity contribution in [3.05, 3.63) is 17.8 Å². The Bertz CT molecular complexity index is 441. The van der Waals surface area contributed by atoms with Crippen molar-refractivity contribution in [1.82, 2.24) is 10.3 Å². The summed E-state index contributed by atoms with van der Waals surface area (Å²) in [7, 11) is 1.59. The molecule has 0 radical (unpaired) electrons. The lowest BCUT2D eigenvalue weighted by atomic mass is 9.89. The van der Waals surface area contributed by atoms with Crippen molar-refractivity contribution in [3.63, 3.8) is 0 Å². The molecule has 5 nitrogen and oxygen atoms in total. The van der Waals surface area contributed by atoms with E-state index in [2.05, 4.69) is 15.6 Å². The van der Waals surface area contributed by atoms with E-state index < -0.39 is 0 Å². The molecule has 0 atom stereocenters. The number of nitrogens with one attached hydrogen (secondary N) is 2. The third-order valence-electron chi connectivity index (χ3n) is 3.67. The van der Waals surface area contributed by atoms with Crippen LogP contribution >= 0.6 is 0 Å². The van der Waals surface area contributed by atoms with Crippen LogP contribution in [0.5, 0.6) is 0 Å². The van der Waals surface area contributed by atoms with E-state index in [1.807, 2.05) is 0 Å². The molecule has 1 amide bonds. The highest BCUT2D eigenvalue weighted by molar-refractivity contribution is 5.93. The van der Waals surface area contributed by atoms with Crippen LogP contribution in [0.4, 0.5) is 11.5 Å². The summed E-state index contributed by atoms with van der Waals surface area (Å²) in [6, 6.07) is 3.36.